The van der Waals surface area contributed by atoms with E-state index in [9.17, 15) is 13.5 Å². The fourth-order valence-electron chi connectivity index (χ4n) is 2.69. The van der Waals surface area contributed by atoms with E-state index in [-0.39, 0.29) is 19.2 Å². The van der Waals surface area contributed by atoms with E-state index in [0.717, 1.165) is 25.7 Å². The minimum atomic E-state index is -3.49. The quantitative estimate of drug-likeness (QED) is 0.899. The molecule has 0 bridgehead atoms. The van der Waals surface area contributed by atoms with Crippen molar-refractivity contribution in [2.24, 2.45) is 0 Å². The first kappa shape index (κ1) is 14.5. The van der Waals surface area contributed by atoms with Gasteiger partial charge in [-0.2, -0.15) is 4.31 Å². The zero-order valence-electron chi connectivity index (χ0n) is 11.0. The van der Waals surface area contributed by atoms with Gasteiger partial charge in [-0.1, -0.05) is 37.5 Å². The summed E-state index contributed by atoms with van der Waals surface area (Å²) in [6, 6.07) is 8.52. The molecule has 0 spiro atoms. The van der Waals surface area contributed by atoms with E-state index in [1.165, 1.54) is 10.7 Å². The van der Waals surface area contributed by atoms with Crippen molar-refractivity contribution in [3.8, 4) is 0 Å². The molecule has 5 heteroatoms. The summed E-state index contributed by atoms with van der Waals surface area (Å²) in [6.07, 6.45) is 5.10. The topological polar surface area (TPSA) is 57.6 Å². The van der Waals surface area contributed by atoms with Gasteiger partial charge in [0.1, 0.15) is 0 Å². The van der Waals surface area contributed by atoms with E-state index in [4.69, 9.17) is 0 Å². The van der Waals surface area contributed by atoms with Crippen molar-refractivity contribution in [1.82, 2.24) is 4.31 Å². The van der Waals surface area contributed by atoms with E-state index < -0.39 is 10.0 Å². The molecule has 0 aliphatic heterocycles. The highest BCUT2D eigenvalue weighted by atomic mass is 32.2. The maximum absolute atomic E-state index is 12.6. The average Bonchev–Trinajstić information content (AvgIpc) is 2.46. The Morgan fingerprint density at radius 3 is 2.32 bits per heavy atom. The van der Waals surface area contributed by atoms with Gasteiger partial charge in [0.15, 0.2) is 0 Å². The molecule has 1 fully saturated rings. The number of benzene rings is 1. The van der Waals surface area contributed by atoms with Crippen molar-refractivity contribution in [2.75, 3.05) is 13.2 Å². The van der Waals surface area contributed by atoms with Crippen LogP contribution in [0.3, 0.4) is 0 Å². The van der Waals surface area contributed by atoms with Gasteiger partial charge < -0.3 is 5.11 Å². The highest BCUT2D eigenvalue weighted by molar-refractivity contribution is 7.89. The molecule has 19 heavy (non-hydrogen) atoms. The Labute approximate surface area is 115 Å². The predicted molar refractivity (Wildman–Crippen MR) is 74.3 cm³/mol. The first-order valence-electron chi connectivity index (χ1n) is 6.84. The molecule has 1 aliphatic carbocycles. The second-order valence-corrected chi connectivity index (χ2v) is 6.83. The van der Waals surface area contributed by atoms with Gasteiger partial charge >= 0.3 is 0 Å². The van der Waals surface area contributed by atoms with Crippen LogP contribution < -0.4 is 0 Å². The molecule has 0 aromatic heterocycles. The lowest BCUT2D eigenvalue weighted by Crippen LogP contribution is -2.43. The molecule has 0 saturated heterocycles. The van der Waals surface area contributed by atoms with Crippen molar-refractivity contribution in [3.63, 3.8) is 0 Å². The van der Waals surface area contributed by atoms with E-state index in [0.29, 0.717) is 4.90 Å². The molecule has 0 atom stereocenters. The van der Waals surface area contributed by atoms with Crippen LogP contribution >= 0.6 is 0 Å². The molecule has 2 rings (SSSR count). The summed E-state index contributed by atoms with van der Waals surface area (Å²) < 4.78 is 26.8. The standard InChI is InChI=1S/C14H21NO3S/c16-12-11-15(13-7-3-1-4-8-13)19(17,18)14-9-5-2-6-10-14/h2,5-6,9-10,13,16H,1,3-4,7-8,11-12H2. The Morgan fingerprint density at radius 2 is 1.74 bits per heavy atom. The normalized spacial score (nSPS) is 17.8. The second-order valence-electron chi connectivity index (χ2n) is 4.94. The van der Waals surface area contributed by atoms with Crippen LogP contribution in [0.2, 0.25) is 0 Å². The Hall–Kier alpha value is -0.910. The first-order chi connectivity index (χ1) is 9.16. The Balaban J connectivity index is 2.27. The fraction of sp³-hybridized carbons (Fsp3) is 0.571. The van der Waals surface area contributed by atoms with Crippen molar-refractivity contribution >= 4 is 10.0 Å². The van der Waals surface area contributed by atoms with Gasteiger partial charge in [0.05, 0.1) is 11.5 Å². The predicted octanol–water partition coefficient (Wildman–Crippen LogP) is 2.00. The van der Waals surface area contributed by atoms with Crippen molar-refractivity contribution in [3.05, 3.63) is 30.3 Å². The highest BCUT2D eigenvalue weighted by Gasteiger charge is 2.31. The van der Waals surface area contributed by atoms with Crippen LogP contribution in [0.1, 0.15) is 32.1 Å². The maximum atomic E-state index is 12.6. The molecule has 1 aromatic carbocycles. The van der Waals surface area contributed by atoms with E-state index in [1.54, 1.807) is 30.3 Å². The minimum absolute atomic E-state index is 0.0334. The SMILES string of the molecule is O=S(=O)(c1ccccc1)N(CCO)C1CCCCC1. The molecule has 1 aromatic rings. The molecule has 1 aliphatic rings. The number of hydrogen-bond acceptors (Lipinski definition) is 3. The molecule has 0 radical (unpaired) electrons. The van der Waals surface area contributed by atoms with Gasteiger partial charge in [-0.15, -0.1) is 0 Å². The molecule has 106 valence electrons. The summed E-state index contributed by atoms with van der Waals surface area (Å²) in [7, 11) is -3.49. The Kier molecular flexibility index (Phi) is 4.96. The Bertz CT molecular complexity index is 481. The van der Waals surface area contributed by atoms with Crippen LogP contribution in [0, 0.1) is 0 Å². The number of hydrogen-bond donors (Lipinski definition) is 1. The lowest BCUT2D eigenvalue weighted by molar-refractivity contribution is 0.199. The summed E-state index contributed by atoms with van der Waals surface area (Å²) in [6.45, 7) is 0.0461. The smallest absolute Gasteiger partial charge is 0.243 e. The van der Waals surface area contributed by atoms with Gasteiger partial charge in [0.25, 0.3) is 0 Å². The van der Waals surface area contributed by atoms with Crippen LogP contribution in [0.4, 0.5) is 0 Å². The first-order valence-corrected chi connectivity index (χ1v) is 8.28. The lowest BCUT2D eigenvalue weighted by atomic mass is 9.95. The third-order valence-electron chi connectivity index (χ3n) is 3.65. The number of aliphatic hydroxyl groups is 1. The second kappa shape index (κ2) is 6.50. The monoisotopic (exact) mass is 283 g/mol. The van der Waals surface area contributed by atoms with Gasteiger partial charge in [0.2, 0.25) is 10.0 Å². The molecule has 0 heterocycles. The summed E-state index contributed by atoms with van der Waals surface area (Å²) in [5, 5.41) is 9.17. The van der Waals surface area contributed by atoms with Gasteiger partial charge in [0, 0.05) is 12.6 Å². The highest BCUT2D eigenvalue weighted by Crippen LogP contribution is 2.27. The van der Waals surface area contributed by atoms with Crippen LogP contribution in [-0.4, -0.2) is 37.0 Å². The number of sulfonamides is 1. The summed E-state index contributed by atoms with van der Waals surface area (Å²) in [5.74, 6) is 0. The fourth-order valence-corrected chi connectivity index (χ4v) is 4.39. The van der Waals surface area contributed by atoms with Crippen molar-refractivity contribution < 1.29 is 13.5 Å². The number of aliphatic hydroxyl groups excluding tert-OH is 1. The largest absolute Gasteiger partial charge is 0.395 e. The number of rotatable bonds is 5. The zero-order valence-corrected chi connectivity index (χ0v) is 11.8. The Morgan fingerprint density at radius 1 is 1.11 bits per heavy atom. The van der Waals surface area contributed by atoms with Crippen molar-refractivity contribution in [1.29, 1.82) is 0 Å². The molecule has 1 N–H and O–H groups in total. The molecule has 1 saturated carbocycles. The number of nitrogens with zero attached hydrogens (tertiary/aromatic N) is 1. The maximum Gasteiger partial charge on any atom is 0.243 e. The molecule has 0 unspecified atom stereocenters. The van der Waals surface area contributed by atoms with Crippen LogP contribution in [0.5, 0.6) is 0 Å². The van der Waals surface area contributed by atoms with Gasteiger partial charge in [-0.25, -0.2) is 8.42 Å². The molecular weight excluding hydrogens is 262 g/mol. The molecule has 4 nitrogen and oxygen atoms in total. The van der Waals surface area contributed by atoms with Crippen molar-refractivity contribution in [2.45, 2.75) is 43.0 Å². The van der Waals surface area contributed by atoms with Crippen LogP contribution in [-0.2, 0) is 10.0 Å². The molecular formula is C14H21NO3S. The summed E-state index contributed by atoms with van der Waals surface area (Å²) in [4.78, 5) is 0.314. The average molecular weight is 283 g/mol. The third-order valence-corrected chi connectivity index (χ3v) is 5.62. The zero-order chi connectivity index (χ0) is 13.7. The lowest BCUT2D eigenvalue weighted by Gasteiger charge is -2.33. The van der Waals surface area contributed by atoms with E-state index in [1.807, 2.05) is 0 Å². The van der Waals surface area contributed by atoms with Crippen LogP contribution in [0.25, 0.3) is 0 Å². The summed E-state index contributed by atoms with van der Waals surface area (Å²) in [5.41, 5.74) is 0. The van der Waals surface area contributed by atoms with E-state index >= 15 is 0 Å². The third kappa shape index (κ3) is 3.35. The van der Waals surface area contributed by atoms with E-state index in [2.05, 4.69) is 0 Å². The van der Waals surface area contributed by atoms with Gasteiger partial charge in [-0.3, -0.25) is 0 Å². The van der Waals surface area contributed by atoms with Gasteiger partial charge in [-0.05, 0) is 25.0 Å². The minimum Gasteiger partial charge on any atom is -0.395 e. The van der Waals surface area contributed by atoms with Crippen LogP contribution in [0.15, 0.2) is 35.2 Å². The molecule has 0 amide bonds. The summed E-state index contributed by atoms with van der Waals surface area (Å²) >= 11 is 0.